The van der Waals surface area contributed by atoms with Crippen LogP contribution in [0.5, 0.6) is 0 Å². The first-order chi connectivity index (χ1) is 9.90. The van der Waals surface area contributed by atoms with Gasteiger partial charge >= 0.3 is 6.18 Å². The van der Waals surface area contributed by atoms with Gasteiger partial charge in [-0.1, -0.05) is 12.1 Å². The van der Waals surface area contributed by atoms with Crippen LogP contribution in [0.2, 0.25) is 0 Å². The van der Waals surface area contributed by atoms with Crippen LogP contribution in [-0.4, -0.2) is 7.05 Å². The van der Waals surface area contributed by atoms with Crippen molar-refractivity contribution in [3.63, 3.8) is 0 Å². The highest BCUT2D eigenvalue weighted by Crippen LogP contribution is 2.30. The molecule has 0 bridgehead atoms. The monoisotopic (exact) mass is 290 g/mol. The van der Waals surface area contributed by atoms with Crippen LogP contribution in [0.25, 0.3) is 0 Å². The number of anilines is 1. The minimum atomic E-state index is -4.33. The number of nitrogens with zero attached hydrogens (tertiary/aromatic N) is 2. The summed E-state index contributed by atoms with van der Waals surface area (Å²) in [4.78, 5) is 1.83. The van der Waals surface area contributed by atoms with Gasteiger partial charge in [0, 0.05) is 19.3 Å². The predicted octanol–water partition coefficient (Wildman–Crippen LogP) is 4.21. The van der Waals surface area contributed by atoms with Gasteiger partial charge in [-0.15, -0.1) is 0 Å². The van der Waals surface area contributed by atoms with E-state index in [0.29, 0.717) is 17.7 Å². The summed E-state index contributed by atoms with van der Waals surface area (Å²) in [7, 11) is 1.79. The smallest absolute Gasteiger partial charge is 0.370 e. The van der Waals surface area contributed by atoms with Crippen molar-refractivity contribution in [1.82, 2.24) is 0 Å². The fraction of sp³-hybridized carbons (Fsp3) is 0.188. The molecule has 0 aliphatic rings. The first-order valence-electron chi connectivity index (χ1n) is 6.27. The number of halogens is 3. The number of hydrogen-bond donors (Lipinski definition) is 0. The average Bonchev–Trinajstić information content (AvgIpc) is 2.47. The molecule has 0 heterocycles. The van der Waals surface area contributed by atoms with Gasteiger partial charge in [0.15, 0.2) is 0 Å². The molecule has 0 aliphatic carbocycles. The first kappa shape index (κ1) is 14.9. The van der Waals surface area contributed by atoms with Gasteiger partial charge in [0.1, 0.15) is 0 Å². The molecule has 0 aromatic heterocycles. The Bertz CT molecular complexity index is 654. The van der Waals surface area contributed by atoms with E-state index >= 15 is 0 Å². The van der Waals surface area contributed by atoms with Gasteiger partial charge in [-0.05, 0) is 42.0 Å². The van der Waals surface area contributed by atoms with Crippen LogP contribution >= 0.6 is 0 Å². The van der Waals surface area contributed by atoms with Crippen molar-refractivity contribution < 1.29 is 13.2 Å². The molecule has 0 saturated heterocycles. The molecule has 0 amide bonds. The number of hydrogen-bond acceptors (Lipinski definition) is 2. The van der Waals surface area contributed by atoms with Crippen molar-refractivity contribution in [3.05, 3.63) is 65.2 Å². The van der Waals surface area contributed by atoms with Crippen molar-refractivity contribution in [2.75, 3.05) is 11.9 Å². The summed E-state index contributed by atoms with van der Waals surface area (Å²) in [6.07, 6.45) is -4.33. The second kappa shape index (κ2) is 5.88. The van der Waals surface area contributed by atoms with E-state index in [1.807, 2.05) is 11.0 Å². The summed E-state index contributed by atoms with van der Waals surface area (Å²) < 4.78 is 38.0. The van der Waals surface area contributed by atoms with E-state index in [1.165, 1.54) is 6.07 Å². The SMILES string of the molecule is CN(Cc1cccc(C(F)(F)F)c1)c1ccc(C#N)cc1. The molecule has 2 aromatic carbocycles. The van der Waals surface area contributed by atoms with Gasteiger partial charge in [0.25, 0.3) is 0 Å². The zero-order chi connectivity index (χ0) is 15.5. The van der Waals surface area contributed by atoms with E-state index in [9.17, 15) is 13.2 Å². The lowest BCUT2D eigenvalue weighted by molar-refractivity contribution is -0.137. The van der Waals surface area contributed by atoms with E-state index < -0.39 is 11.7 Å². The van der Waals surface area contributed by atoms with Crippen molar-refractivity contribution in [2.24, 2.45) is 0 Å². The van der Waals surface area contributed by atoms with E-state index in [0.717, 1.165) is 17.8 Å². The largest absolute Gasteiger partial charge is 0.416 e. The number of alkyl halides is 3. The van der Waals surface area contributed by atoms with E-state index in [-0.39, 0.29) is 0 Å². The Labute approximate surface area is 121 Å². The van der Waals surface area contributed by atoms with Crippen LogP contribution in [0.4, 0.5) is 18.9 Å². The van der Waals surface area contributed by atoms with E-state index in [2.05, 4.69) is 0 Å². The topological polar surface area (TPSA) is 27.0 Å². The number of rotatable bonds is 3. The van der Waals surface area contributed by atoms with Gasteiger partial charge in [0.2, 0.25) is 0 Å². The Morgan fingerprint density at radius 1 is 1.10 bits per heavy atom. The molecule has 0 aliphatic heterocycles. The van der Waals surface area contributed by atoms with Crippen LogP contribution in [0, 0.1) is 11.3 Å². The summed E-state index contributed by atoms with van der Waals surface area (Å²) in [5, 5.41) is 8.74. The lowest BCUT2D eigenvalue weighted by Crippen LogP contribution is -2.17. The maximum atomic E-state index is 12.7. The molecule has 108 valence electrons. The van der Waals surface area contributed by atoms with Crippen LogP contribution in [0.3, 0.4) is 0 Å². The fourth-order valence-corrected chi connectivity index (χ4v) is 2.00. The molecule has 0 unspecified atom stereocenters. The zero-order valence-electron chi connectivity index (χ0n) is 11.4. The van der Waals surface area contributed by atoms with Gasteiger partial charge in [-0.25, -0.2) is 0 Å². The molecular weight excluding hydrogens is 277 g/mol. The molecule has 2 rings (SSSR count). The highest BCUT2D eigenvalue weighted by molar-refractivity contribution is 5.49. The fourth-order valence-electron chi connectivity index (χ4n) is 2.00. The Kier molecular flexibility index (Phi) is 4.18. The van der Waals surface area contributed by atoms with Crippen molar-refractivity contribution in [1.29, 1.82) is 5.26 Å². The van der Waals surface area contributed by atoms with Crippen molar-refractivity contribution in [3.8, 4) is 6.07 Å². The standard InChI is InChI=1S/C16H13F3N2/c1-21(15-7-5-12(10-20)6-8-15)11-13-3-2-4-14(9-13)16(17,18)19/h2-9H,11H2,1H3. The Morgan fingerprint density at radius 3 is 2.33 bits per heavy atom. The quantitative estimate of drug-likeness (QED) is 0.846. The summed E-state index contributed by atoms with van der Waals surface area (Å²) >= 11 is 0. The molecule has 0 saturated carbocycles. The molecule has 0 spiro atoms. The molecule has 0 atom stereocenters. The molecular formula is C16H13F3N2. The van der Waals surface area contributed by atoms with Gasteiger partial charge < -0.3 is 4.90 Å². The van der Waals surface area contributed by atoms with Crippen LogP contribution in [0.1, 0.15) is 16.7 Å². The normalized spacial score (nSPS) is 11.0. The molecule has 5 heteroatoms. The van der Waals surface area contributed by atoms with Crippen LogP contribution in [0.15, 0.2) is 48.5 Å². The zero-order valence-corrected chi connectivity index (χ0v) is 11.4. The molecule has 0 N–H and O–H groups in total. The molecule has 2 aromatic rings. The maximum absolute atomic E-state index is 12.7. The van der Waals surface area contributed by atoms with E-state index in [4.69, 9.17) is 5.26 Å². The summed E-state index contributed by atoms with van der Waals surface area (Å²) in [6, 6.07) is 14.2. The minimum Gasteiger partial charge on any atom is -0.370 e. The third-order valence-corrected chi connectivity index (χ3v) is 3.11. The lowest BCUT2D eigenvalue weighted by atomic mass is 10.1. The summed E-state index contributed by atoms with van der Waals surface area (Å²) in [5.41, 5.74) is 1.32. The highest BCUT2D eigenvalue weighted by Gasteiger charge is 2.30. The van der Waals surface area contributed by atoms with Crippen LogP contribution in [-0.2, 0) is 12.7 Å². The van der Waals surface area contributed by atoms with E-state index in [1.54, 1.807) is 37.4 Å². The number of benzene rings is 2. The Balaban J connectivity index is 2.15. The van der Waals surface area contributed by atoms with Crippen molar-refractivity contribution >= 4 is 5.69 Å². The molecule has 21 heavy (non-hydrogen) atoms. The average molecular weight is 290 g/mol. The highest BCUT2D eigenvalue weighted by atomic mass is 19.4. The van der Waals surface area contributed by atoms with Crippen LogP contribution < -0.4 is 4.90 Å². The lowest BCUT2D eigenvalue weighted by Gasteiger charge is -2.20. The third kappa shape index (κ3) is 3.76. The number of nitriles is 1. The second-order valence-electron chi connectivity index (χ2n) is 4.71. The summed E-state index contributed by atoms with van der Waals surface area (Å²) in [6.45, 7) is 0.357. The minimum absolute atomic E-state index is 0.357. The van der Waals surface area contributed by atoms with Gasteiger partial charge in [-0.2, -0.15) is 18.4 Å². The predicted molar refractivity (Wildman–Crippen MR) is 74.7 cm³/mol. The maximum Gasteiger partial charge on any atom is 0.416 e. The molecule has 0 radical (unpaired) electrons. The van der Waals surface area contributed by atoms with Gasteiger partial charge in [0.05, 0.1) is 17.2 Å². The van der Waals surface area contributed by atoms with Crippen molar-refractivity contribution in [2.45, 2.75) is 12.7 Å². The first-order valence-corrected chi connectivity index (χ1v) is 6.27. The second-order valence-corrected chi connectivity index (χ2v) is 4.71. The summed E-state index contributed by atoms with van der Waals surface area (Å²) in [5.74, 6) is 0. The Morgan fingerprint density at radius 2 is 1.76 bits per heavy atom. The molecule has 0 fully saturated rings. The third-order valence-electron chi connectivity index (χ3n) is 3.11. The Hall–Kier alpha value is -2.48. The molecule has 2 nitrogen and oxygen atoms in total. The van der Waals surface area contributed by atoms with Gasteiger partial charge in [-0.3, -0.25) is 0 Å².